The summed E-state index contributed by atoms with van der Waals surface area (Å²) in [7, 11) is 0. The number of nitrogens with zero attached hydrogens (tertiary/aromatic N) is 2. The average molecular weight is 447 g/mol. The maximum Gasteiger partial charge on any atom is 0.267 e. The SMILES string of the molecule is CCOc1cc(/C=C(/C#N)C(=O)Nc2cc(C)on2)ccc1OCc1ccc2c(c1)OCO2. The molecule has 168 valence electrons. The molecular formula is C24H21N3O6. The molecule has 0 aliphatic carbocycles. The van der Waals surface area contributed by atoms with Crippen molar-refractivity contribution in [3.63, 3.8) is 0 Å². The molecule has 1 aliphatic rings. The predicted molar refractivity (Wildman–Crippen MR) is 118 cm³/mol. The van der Waals surface area contributed by atoms with E-state index in [1.54, 1.807) is 31.2 Å². The van der Waals surface area contributed by atoms with E-state index in [9.17, 15) is 10.1 Å². The molecule has 0 atom stereocenters. The van der Waals surface area contributed by atoms with E-state index in [1.807, 2.05) is 31.2 Å². The van der Waals surface area contributed by atoms with Gasteiger partial charge in [0.15, 0.2) is 28.8 Å². The first kappa shape index (κ1) is 21.8. The number of aromatic nitrogens is 1. The number of amides is 1. The lowest BCUT2D eigenvalue weighted by atomic mass is 10.1. The lowest BCUT2D eigenvalue weighted by molar-refractivity contribution is -0.112. The number of carbonyl (C=O) groups excluding carboxylic acids is 1. The van der Waals surface area contributed by atoms with Gasteiger partial charge in [0.1, 0.15) is 24.0 Å². The summed E-state index contributed by atoms with van der Waals surface area (Å²) >= 11 is 0. The van der Waals surface area contributed by atoms with Crippen LogP contribution in [0.25, 0.3) is 6.08 Å². The minimum atomic E-state index is -0.591. The van der Waals surface area contributed by atoms with Crippen molar-refractivity contribution < 1.29 is 28.3 Å². The highest BCUT2D eigenvalue weighted by atomic mass is 16.7. The Balaban J connectivity index is 1.49. The third-order valence-electron chi connectivity index (χ3n) is 4.64. The molecule has 1 aromatic heterocycles. The van der Waals surface area contributed by atoms with Crippen LogP contribution in [0.2, 0.25) is 0 Å². The zero-order valence-electron chi connectivity index (χ0n) is 18.1. The van der Waals surface area contributed by atoms with E-state index in [-0.39, 0.29) is 18.2 Å². The van der Waals surface area contributed by atoms with Crippen LogP contribution in [0.3, 0.4) is 0 Å². The highest BCUT2D eigenvalue weighted by Crippen LogP contribution is 2.34. The number of ether oxygens (including phenoxy) is 4. The summed E-state index contributed by atoms with van der Waals surface area (Å²) in [6.45, 7) is 4.50. The third kappa shape index (κ3) is 5.25. The zero-order chi connectivity index (χ0) is 23.2. The molecule has 0 saturated carbocycles. The largest absolute Gasteiger partial charge is 0.490 e. The van der Waals surface area contributed by atoms with Crippen LogP contribution >= 0.6 is 0 Å². The Morgan fingerprint density at radius 3 is 2.76 bits per heavy atom. The summed E-state index contributed by atoms with van der Waals surface area (Å²) in [5.41, 5.74) is 1.43. The number of hydrogen-bond donors (Lipinski definition) is 1. The predicted octanol–water partition coefficient (Wildman–Crippen LogP) is 4.24. The summed E-state index contributed by atoms with van der Waals surface area (Å²) in [5.74, 6) is 2.62. The molecule has 2 heterocycles. The molecule has 0 saturated heterocycles. The zero-order valence-corrected chi connectivity index (χ0v) is 18.1. The van der Waals surface area contributed by atoms with Gasteiger partial charge in [0.05, 0.1) is 6.61 Å². The van der Waals surface area contributed by atoms with Crippen LogP contribution in [0.4, 0.5) is 5.82 Å². The molecular weight excluding hydrogens is 426 g/mol. The maximum absolute atomic E-state index is 12.4. The number of nitrogens with one attached hydrogen (secondary N) is 1. The normalized spacial score (nSPS) is 12.2. The molecule has 0 radical (unpaired) electrons. The minimum absolute atomic E-state index is 0.0906. The minimum Gasteiger partial charge on any atom is -0.490 e. The van der Waals surface area contributed by atoms with E-state index in [0.717, 1.165) is 5.56 Å². The Kier molecular flexibility index (Phi) is 6.45. The summed E-state index contributed by atoms with van der Waals surface area (Å²) in [6, 6.07) is 14.3. The van der Waals surface area contributed by atoms with Gasteiger partial charge < -0.3 is 28.8 Å². The maximum atomic E-state index is 12.4. The molecule has 9 nitrogen and oxygen atoms in total. The van der Waals surface area contributed by atoms with Gasteiger partial charge in [0.2, 0.25) is 6.79 Å². The fraction of sp³-hybridized carbons (Fsp3) is 0.208. The van der Waals surface area contributed by atoms with Gasteiger partial charge in [-0.15, -0.1) is 0 Å². The molecule has 33 heavy (non-hydrogen) atoms. The van der Waals surface area contributed by atoms with Gasteiger partial charge in [-0.1, -0.05) is 17.3 Å². The third-order valence-corrected chi connectivity index (χ3v) is 4.64. The molecule has 1 N–H and O–H groups in total. The number of nitriles is 1. The molecule has 4 rings (SSSR count). The summed E-state index contributed by atoms with van der Waals surface area (Å²) in [6.07, 6.45) is 1.46. The Morgan fingerprint density at radius 2 is 2.00 bits per heavy atom. The standard InChI is InChI=1S/C24H21N3O6/c1-3-29-21-10-16(9-18(12-25)24(28)26-23-8-15(2)33-27-23)4-6-19(21)30-13-17-5-7-20-22(11-17)32-14-31-20/h4-11H,3,13-14H2,1-2H3,(H,26,27,28)/b18-9-. The molecule has 0 spiro atoms. The number of aryl methyl sites for hydroxylation is 1. The van der Waals surface area contributed by atoms with Gasteiger partial charge in [-0.2, -0.15) is 5.26 Å². The fourth-order valence-corrected chi connectivity index (χ4v) is 3.12. The van der Waals surface area contributed by atoms with Crippen LogP contribution in [-0.2, 0) is 11.4 Å². The monoisotopic (exact) mass is 447 g/mol. The van der Waals surface area contributed by atoms with Crippen molar-refractivity contribution in [1.82, 2.24) is 5.16 Å². The van der Waals surface area contributed by atoms with Crippen molar-refractivity contribution in [2.45, 2.75) is 20.5 Å². The first-order valence-electron chi connectivity index (χ1n) is 10.2. The van der Waals surface area contributed by atoms with Crippen LogP contribution < -0.4 is 24.3 Å². The van der Waals surface area contributed by atoms with E-state index in [4.69, 9.17) is 23.5 Å². The summed E-state index contributed by atoms with van der Waals surface area (Å²) in [5, 5.41) is 15.7. The molecule has 0 unspecified atom stereocenters. The molecule has 1 aliphatic heterocycles. The molecule has 3 aromatic rings. The van der Waals surface area contributed by atoms with Crippen molar-refractivity contribution in [2.24, 2.45) is 0 Å². The summed E-state index contributed by atoms with van der Waals surface area (Å²) < 4.78 is 27.3. The first-order valence-corrected chi connectivity index (χ1v) is 10.2. The van der Waals surface area contributed by atoms with E-state index < -0.39 is 5.91 Å². The van der Waals surface area contributed by atoms with E-state index >= 15 is 0 Å². The Labute approximate surface area is 190 Å². The van der Waals surface area contributed by atoms with Crippen molar-refractivity contribution in [3.05, 3.63) is 64.9 Å². The number of rotatable bonds is 8. The van der Waals surface area contributed by atoms with E-state index in [1.165, 1.54) is 6.08 Å². The highest BCUT2D eigenvalue weighted by Gasteiger charge is 2.15. The molecule has 0 fully saturated rings. The molecule has 1 amide bonds. The van der Waals surface area contributed by atoms with Gasteiger partial charge >= 0.3 is 0 Å². The second kappa shape index (κ2) is 9.78. The van der Waals surface area contributed by atoms with E-state index in [0.29, 0.717) is 47.5 Å². The fourth-order valence-electron chi connectivity index (χ4n) is 3.12. The smallest absolute Gasteiger partial charge is 0.267 e. The quantitative estimate of drug-likeness (QED) is 0.403. The second-order valence-corrected chi connectivity index (χ2v) is 7.06. The number of fused-ring (bicyclic) bond motifs is 1. The lowest BCUT2D eigenvalue weighted by Gasteiger charge is -2.13. The molecule has 0 bridgehead atoms. The van der Waals surface area contributed by atoms with Crippen molar-refractivity contribution in [1.29, 1.82) is 5.26 Å². The molecule has 9 heteroatoms. The summed E-state index contributed by atoms with van der Waals surface area (Å²) in [4.78, 5) is 12.4. The van der Waals surface area contributed by atoms with Crippen molar-refractivity contribution >= 4 is 17.8 Å². The number of carbonyl (C=O) groups is 1. The molecule has 2 aromatic carbocycles. The van der Waals surface area contributed by atoms with Crippen molar-refractivity contribution in [2.75, 3.05) is 18.7 Å². The van der Waals surface area contributed by atoms with Gasteiger partial charge in [-0.05, 0) is 55.3 Å². The lowest BCUT2D eigenvalue weighted by Crippen LogP contribution is -2.13. The number of benzene rings is 2. The second-order valence-electron chi connectivity index (χ2n) is 7.06. The van der Waals surface area contributed by atoms with Gasteiger partial charge in [-0.3, -0.25) is 4.79 Å². The first-order chi connectivity index (χ1) is 16.1. The Hall–Kier alpha value is -4.45. The van der Waals surface area contributed by atoms with Crippen LogP contribution in [0.5, 0.6) is 23.0 Å². The number of anilines is 1. The topological polar surface area (TPSA) is 116 Å². The van der Waals surface area contributed by atoms with Crippen LogP contribution in [-0.4, -0.2) is 24.5 Å². The number of hydrogen-bond acceptors (Lipinski definition) is 8. The van der Waals surface area contributed by atoms with Crippen LogP contribution in [0, 0.1) is 18.3 Å². The van der Waals surface area contributed by atoms with Gasteiger partial charge in [-0.25, -0.2) is 0 Å². The van der Waals surface area contributed by atoms with Crippen LogP contribution in [0.15, 0.2) is 52.6 Å². The van der Waals surface area contributed by atoms with Crippen LogP contribution in [0.1, 0.15) is 23.8 Å². The van der Waals surface area contributed by atoms with Gasteiger partial charge in [0.25, 0.3) is 5.91 Å². The average Bonchev–Trinajstić information content (AvgIpc) is 3.45. The Morgan fingerprint density at radius 1 is 1.15 bits per heavy atom. The van der Waals surface area contributed by atoms with Gasteiger partial charge in [0, 0.05) is 6.07 Å². The Bertz CT molecular complexity index is 1240. The van der Waals surface area contributed by atoms with Crippen molar-refractivity contribution in [3.8, 4) is 29.1 Å². The van der Waals surface area contributed by atoms with E-state index in [2.05, 4.69) is 10.5 Å². The highest BCUT2D eigenvalue weighted by molar-refractivity contribution is 6.09.